The minimum atomic E-state index is -0.148. The number of nitrogens with one attached hydrogen (secondary N) is 1. The van der Waals surface area contributed by atoms with Crippen molar-refractivity contribution in [1.82, 2.24) is 20.2 Å². The van der Waals surface area contributed by atoms with E-state index in [9.17, 15) is 9.90 Å². The van der Waals surface area contributed by atoms with Gasteiger partial charge in [0.1, 0.15) is 0 Å². The molecule has 2 aromatic rings. The molecule has 1 aliphatic rings. The number of carbonyl (C=O) groups is 1. The van der Waals surface area contributed by atoms with Crippen LogP contribution in [-0.4, -0.2) is 51.6 Å². The van der Waals surface area contributed by atoms with Crippen molar-refractivity contribution >= 4 is 5.91 Å². The van der Waals surface area contributed by atoms with E-state index in [1.165, 1.54) is 0 Å². The number of aliphatic hydroxyl groups is 1. The zero-order valence-electron chi connectivity index (χ0n) is 12.8. The number of aromatic nitrogens is 2. The summed E-state index contributed by atoms with van der Waals surface area (Å²) in [6, 6.07) is 7.35. The summed E-state index contributed by atoms with van der Waals surface area (Å²) in [5.41, 5.74) is 1.67. The van der Waals surface area contributed by atoms with Gasteiger partial charge in [-0.1, -0.05) is 6.07 Å². The van der Waals surface area contributed by atoms with E-state index in [1.807, 2.05) is 18.3 Å². The molecule has 0 bridgehead atoms. The van der Waals surface area contributed by atoms with Crippen LogP contribution in [0.1, 0.15) is 15.9 Å². The first-order valence-corrected chi connectivity index (χ1v) is 7.69. The van der Waals surface area contributed by atoms with Gasteiger partial charge in [0.05, 0.1) is 5.56 Å². The Morgan fingerprint density at radius 3 is 2.65 bits per heavy atom. The van der Waals surface area contributed by atoms with Crippen molar-refractivity contribution in [1.29, 1.82) is 0 Å². The Kier molecular flexibility index (Phi) is 4.95. The molecular weight excluding hydrogens is 292 g/mol. The number of aliphatic hydroxyl groups excluding tert-OH is 1. The molecule has 2 unspecified atom stereocenters. The fraction of sp³-hybridized carbons (Fsp3) is 0.353. The second kappa shape index (κ2) is 7.30. The molecule has 0 aliphatic carbocycles. The van der Waals surface area contributed by atoms with Crippen LogP contribution in [0.3, 0.4) is 0 Å². The monoisotopic (exact) mass is 312 g/mol. The first-order valence-electron chi connectivity index (χ1n) is 7.69. The van der Waals surface area contributed by atoms with E-state index in [2.05, 4.69) is 20.2 Å². The highest BCUT2D eigenvalue weighted by atomic mass is 16.3. The van der Waals surface area contributed by atoms with Crippen LogP contribution in [0.2, 0.25) is 0 Å². The number of likely N-dealkylation sites (tertiary alicyclic amines) is 1. The van der Waals surface area contributed by atoms with Crippen LogP contribution in [0.5, 0.6) is 0 Å². The molecule has 0 saturated carbocycles. The lowest BCUT2D eigenvalue weighted by atomic mass is 10.0. The van der Waals surface area contributed by atoms with E-state index >= 15 is 0 Å². The highest BCUT2D eigenvalue weighted by Crippen LogP contribution is 2.19. The standard InChI is InChI=1S/C17H20N4O2/c22-12-15-10-21(9-13-3-1-5-18-7-13)11-16(15)20-17(23)14-4-2-6-19-8-14/h1-8,15-16,22H,9-12H2,(H,20,23). The third kappa shape index (κ3) is 3.91. The summed E-state index contributed by atoms with van der Waals surface area (Å²) < 4.78 is 0. The van der Waals surface area contributed by atoms with E-state index in [1.54, 1.807) is 30.7 Å². The summed E-state index contributed by atoms with van der Waals surface area (Å²) in [6.07, 6.45) is 6.78. The van der Waals surface area contributed by atoms with E-state index in [0.717, 1.165) is 18.7 Å². The third-order valence-electron chi connectivity index (χ3n) is 4.12. The molecule has 1 saturated heterocycles. The van der Waals surface area contributed by atoms with Crippen molar-refractivity contribution in [3.63, 3.8) is 0 Å². The van der Waals surface area contributed by atoms with Gasteiger partial charge < -0.3 is 10.4 Å². The van der Waals surface area contributed by atoms with E-state index < -0.39 is 0 Å². The number of hydrogen-bond donors (Lipinski definition) is 2. The van der Waals surface area contributed by atoms with Crippen LogP contribution in [0.25, 0.3) is 0 Å². The first-order chi connectivity index (χ1) is 11.3. The highest BCUT2D eigenvalue weighted by molar-refractivity contribution is 5.94. The SMILES string of the molecule is O=C(NC1CN(Cc2cccnc2)CC1CO)c1cccnc1. The molecule has 0 radical (unpaired) electrons. The molecule has 2 N–H and O–H groups in total. The van der Waals surface area contributed by atoms with Crippen molar-refractivity contribution in [2.24, 2.45) is 5.92 Å². The van der Waals surface area contributed by atoms with Crippen LogP contribution in [0.15, 0.2) is 49.1 Å². The minimum Gasteiger partial charge on any atom is -0.396 e. The lowest BCUT2D eigenvalue weighted by Crippen LogP contribution is -2.41. The molecule has 2 atom stereocenters. The number of hydrogen-bond acceptors (Lipinski definition) is 5. The molecule has 3 rings (SSSR count). The molecule has 1 fully saturated rings. The van der Waals surface area contributed by atoms with Gasteiger partial charge in [-0.2, -0.15) is 0 Å². The maximum absolute atomic E-state index is 12.3. The molecule has 6 nitrogen and oxygen atoms in total. The Balaban J connectivity index is 1.62. The normalized spacial score (nSPS) is 21.3. The van der Waals surface area contributed by atoms with Crippen molar-refractivity contribution < 1.29 is 9.90 Å². The van der Waals surface area contributed by atoms with Crippen molar-refractivity contribution in [3.8, 4) is 0 Å². The Labute approximate surface area is 135 Å². The van der Waals surface area contributed by atoms with Gasteiger partial charge >= 0.3 is 0 Å². The lowest BCUT2D eigenvalue weighted by Gasteiger charge is -2.18. The molecule has 3 heterocycles. The molecule has 0 aromatic carbocycles. The van der Waals surface area contributed by atoms with E-state index in [4.69, 9.17) is 0 Å². The van der Waals surface area contributed by atoms with Gasteiger partial charge in [0.15, 0.2) is 0 Å². The molecule has 1 aliphatic heterocycles. The van der Waals surface area contributed by atoms with Gasteiger partial charge in [-0.05, 0) is 23.8 Å². The molecule has 2 aromatic heterocycles. The van der Waals surface area contributed by atoms with Crippen LogP contribution in [-0.2, 0) is 6.54 Å². The lowest BCUT2D eigenvalue weighted by molar-refractivity contribution is 0.0920. The van der Waals surface area contributed by atoms with Gasteiger partial charge in [0.2, 0.25) is 0 Å². The average Bonchev–Trinajstić information content (AvgIpc) is 2.98. The molecule has 0 spiro atoms. The molecule has 120 valence electrons. The zero-order chi connectivity index (χ0) is 16.1. The van der Waals surface area contributed by atoms with E-state index in [0.29, 0.717) is 12.1 Å². The maximum atomic E-state index is 12.3. The summed E-state index contributed by atoms with van der Waals surface area (Å²) in [5.74, 6) is -0.114. The molecule has 1 amide bonds. The van der Waals surface area contributed by atoms with Gasteiger partial charge in [-0.3, -0.25) is 19.7 Å². The van der Waals surface area contributed by atoms with Crippen LogP contribution >= 0.6 is 0 Å². The number of pyridine rings is 2. The fourth-order valence-corrected chi connectivity index (χ4v) is 2.94. The zero-order valence-corrected chi connectivity index (χ0v) is 12.8. The Morgan fingerprint density at radius 1 is 1.22 bits per heavy atom. The third-order valence-corrected chi connectivity index (χ3v) is 4.12. The Bertz CT molecular complexity index is 636. The van der Waals surface area contributed by atoms with Crippen molar-refractivity contribution in [2.75, 3.05) is 19.7 Å². The van der Waals surface area contributed by atoms with Gasteiger partial charge in [0.25, 0.3) is 5.91 Å². The first kappa shape index (κ1) is 15.6. The van der Waals surface area contributed by atoms with Gasteiger partial charge in [0, 0.05) is 63.0 Å². The molecule has 23 heavy (non-hydrogen) atoms. The summed E-state index contributed by atoms with van der Waals surface area (Å²) in [5, 5.41) is 12.6. The minimum absolute atomic E-state index is 0.0345. The Morgan fingerprint density at radius 2 is 2.00 bits per heavy atom. The summed E-state index contributed by atoms with van der Waals surface area (Å²) in [4.78, 5) is 22.6. The summed E-state index contributed by atoms with van der Waals surface area (Å²) in [7, 11) is 0. The Hall–Kier alpha value is -2.31. The predicted octanol–water partition coefficient (Wildman–Crippen LogP) is 0.699. The second-order valence-corrected chi connectivity index (χ2v) is 5.82. The number of amides is 1. The molecule has 6 heteroatoms. The predicted molar refractivity (Wildman–Crippen MR) is 85.6 cm³/mol. The van der Waals surface area contributed by atoms with Gasteiger partial charge in [-0.25, -0.2) is 0 Å². The topological polar surface area (TPSA) is 78.4 Å². The number of carbonyl (C=O) groups excluding carboxylic acids is 1. The average molecular weight is 312 g/mol. The smallest absolute Gasteiger partial charge is 0.253 e. The maximum Gasteiger partial charge on any atom is 0.253 e. The van der Waals surface area contributed by atoms with Crippen molar-refractivity contribution in [2.45, 2.75) is 12.6 Å². The van der Waals surface area contributed by atoms with Gasteiger partial charge in [-0.15, -0.1) is 0 Å². The number of rotatable bonds is 5. The second-order valence-electron chi connectivity index (χ2n) is 5.82. The summed E-state index contributed by atoms with van der Waals surface area (Å²) >= 11 is 0. The quantitative estimate of drug-likeness (QED) is 0.850. The number of nitrogens with zero attached hydrogens (tertiary/aromatic N) is 3. The van der Waals surface area contributed by atoms with Crippen LogP contribution in [0.4, 0.5) is 0 Å². The van der Waals surface area contributed by atoms with Crippen LogP contribution < -0.4 is 5.32 Å². The molecular formula is C17H20N4O2. The fourth-order valence-electron chi connectivity index (χ4n) is 2.94. The summed E-state index contributed by atoms with van der Waals surface area (Å²) in [6.45, 7) is 2.29. The largest absolute Gasteiger partial charge is 0.396 e. The van der Waals surface area contributed by atoms with E-state index in [-0.39, 0.29) is 24.5 Å². The van der Waals surface area contributed by atoms with Crippen LogP contribution in [0, 0.1) is 5.92 Å². The highest BCUT2D eigenvalue weighted by Gasteiger charge is 2.33. The van der Waals surface area contributed by atoms with Crippen molar-refractivity contribution in [3.05, 3.63) is 60.2 Å².